The number of hydrogen-bond donors (Lipinski definition) is 3. The number of nitrogens with one attached hydrogen (secondary N) is 3. The predicted molar refractivity (Wildman–Crippen MR) is 114 cm³/mol. The number of amides is 1. The molecule has 0 saturated heterocycles. The normalized spacial score (nSPS) is 13.0. The minimum Gasteiger partial charge on any atom is -0.361 e. The van der Waals surface area contributed by atoms with E-state index in [9.17, 15) is 13.2 Å². The van der Waals surface area contributed by atoms with Gasteiger partial charge in [-0.1, -0.05) is 34.1 Å². The van der Waals surface area contributed by atoms with Gasteiger partial charge in [0.05, 0.1) is 4.90 Å². The third-order valence-corrected chi connectivity index (χ3v) is 6.28. The molecule has 0 aliphatic carbocycles. The highest BCUT2D eigenvalue weighted by Crippen LogP contribution is 2.20. The van der Waals surface area contributed by atoms with Crippen LogP contribution in [0.5, 0.6) is 0 Å². The van der Waals surface area contributed by atoms with Crippen LogP contribution in [0.15, 0.2) is 64.1 Å². The summed E-state index contributed by atoms with van der Waals surface area (Å²) in [6, 6.07) is 13.0. The molecule has 2 aromatic carbocycles. The summed E-state index contributed by atoms with van der Waals surface area (Å²) in [7, 11) is -3.86. The number of carbonyl (C=O) groups excluding carboxylic acids is 1. The summed E-state index contributed by atoms with van der Waals surface area (Å²) in [5.74, 6) is -0.360. The van der Waals surface area contributed by atoms with Gasteiger partial charge in [-0.15, -0.1) is 0 Å². The summed E-state index contributed by atoms with van der Waals surface area (Å²) in [6.45, 7) is 3.67. The first kappa shape index (κ1) is 20.6. The molecule has 6 nitrogen and oxygen atoms in total. The van der Waals surface area contributed by atoms with E-state index in [-0.39, 0.29) is 23.3 Å². The van der Waals surface area contributed by atoms with E-state index in [4.69, 9.17) is 0 Å². The van der Waals surface area contributed by atoms with Crippen molar-refractivity contribution in [3.05, 3.63) is 64.8 Å². The van der Waals surface area contributed by atoms with Gasteiger partial charge in [-0.2, -0.15) is 4.72 Å². The number of sulfonamides is 1. The Morgan fingerprint density at radius 3 is 2.46 bits per heavy atom. The van der Waals surface area contributed by atoms with Gasteiger partial charge in [0.1, 0.15) is 6.04 Å². The lowest BCUT2D eigenvalue weighted by Crippen LogP contribution is -2.49. The molecule has 3 N–H and O–H groups in total. The zero-order valence-corrected chi connectivity index (χ0v) is 18.0. The standard InChI is InChI=1S/C20H22BrN3O3S/c1-13(2)23-20(25)19(11-14-12-22-18-6-4-3-5-17(14)18)24-28(26,27)16-9-7-15(21)8-10-16/h3-10,12-13,19,22,24H,11H2,1-2H3,(H,23,25)/t19-/m0/s1. The number of aromatic amines is 1. The maximum absolute atomic E-state index is 12.8. The van der Waals surface area contributed by atoms with Crippen molar-refractivity contribution in [2.24, 2.45) is 0 Å². The van der Waals surface area contributed by atoms with Gasteiger partial charge in [0.25, 0.3) is 0 Å². The van der Waals surface area contributed by atoms with Gasteiger partial charge >= 0.3 is 0 Å². The molecule has 0 fully saturated rings. The van der Waals surface area contributed by atoms with Crippen molar-refractivity contribution in [2.45, 2.75) is 37.2 Å². The minimum absolute atomic E-state index is 0.102. The molecule has 0 spiro atoms. The highest BCUT2D eigenvalue weighted by molar-refractivity contribution is 9.10. The van der Waals surface area contributed by atoms with Gasteiger partial charge < -0.3 is 10.3 Å². The summed E-state index contributed by atoms with van der Waals surface area (Å²) >= 11 is 3.29. The maximum atomic E-state index is 12.8. The molecule has 0 saturated carbocycles. The lowest BCUT2D eigenvalue weighted by molar-refractivity contribution is -0.123. The van der Waals surface area contributed by atoms with E-state index in [0.717, 1.165) is 20.9 Å². The molecular weight excluding hydrogens is 442 g/mol. The Morgan fingerprint density at radius 1 is 1.11 bits per heavy atom. The Labute approximate surface area is 172 Å². The number of fused-ring (bicyclic) bond motifs is 1. The average molecular weight is 464 g/mol. The Hall–Kier alpha value is -2.16. The van der Waals surface area contributed by atoms with Gasteiger partial charge in [0, 0.05) is 27.6 Å². The molecule has 1 heterocycles. The third-order valence-electron chi connectivity index (χ3n) is 4.27. The van der Waals surface area contributed by atoms with E-state index in [0.29, 0.717) is 0 Å². The van der Waals surface area contributed by atoms with Crippen molar-refractivity contribution in [1.29, 1.82) is 0 Å². The second kappa shape index (κ2) is 8.46. The molecule has 1 atom stereocenters. The maximum Gasteiger partial charge on any atom is 0.241 e. The van der Waals surface area contributed by atoms with Crippen molar-refractivity contribution in [3.8, 4) is 0 Å². The Kier molecular flexibility index (Phi) is 6.22. The van der Waals surface area contributed by atoms with Crippen LogP contribution in [0.4, 0.5) is 0 Å². The van der Waals surface area contributed by atoms with Crippen LogP contribution in [-0.4, -0.2) is 31.4 Å². The van der Waals surface area contributed by atoms with E-state index in [1.165, 1.54) is 12.1 Å². The van der Waals surface area contributed by atoms with Crippen LogP contribution in [0.3, 0.4) is 0 Å². The lowest BCUT2D eigenvalue weighted by Gasteiger charge is -2.20. The number of carbonyl (C=O) groups is 1. The van der Waals surface area contributed by atoms with Crippen LogP contribution in [0.25, 0.3) is 10.9 Å². The van der Waals surface area contributed by atoms with Crippen molar-refractivity contribution in [2.75, 3.05) is 0 Å². The first-order valence-electron chi connectivity index (χ1n) is 8.89. The Morgan fingerprint density at radius 2 is 1.79 bits per heavy atom. The van der Waals surface area contributed by atoms with E-state index in [1.54, 1.807) is 12.1 Å². The van der Waals surface area contributed by atoms with Crippen LogP contribution in [0.1, 0.15) is 19.4 Å². The third kappa shape index (κ3) is 4.81. The summed E-state index contributed by atoms with van der Waals surface area (Å²) in [5.41, 5.74) is 1.81. The van der Waals surface area contributed by atoms with Gasteiger partial charge in [0.2, 0.25) is 15.9 Å². The van der Waals surface area contributed by atoms with Gasteiger partial charge in [-0.05, 0) is 56.2 Å². The number of para-hydroxylation sites is 1. The SMILES string of the molecule is CC(C)NC(=O)[C@H](Cc1c[nH]c2ccccc12)NS(=O)(=O)c1ccc(Br)cc1. The molecule has 1 amide bonds. The summed E-state index contributed by atoms with van der Waals surface area (Å²) < 4.78 is 29.0. The predicted octanol–water partition coefficient (Wildman–Crippen LogP) is 3.34. The van der Waals surface area contributed by atoms with Crippen LogP contribution >= 0.6 is 15.9 Å². The quantitative estimate of drug-likeness (QED) is 0.501. The average Bonchev–Trinajstić information content (AvgIpc) is 3.04. The molecule has 0 aliphatic rings. The molecule has 8 heteroatoms. The second-order valence-corrected chi connectivity index (χ2v) is 9.48. The number of hydrogen-bond acceptors (Lipinski definition) is 3. The molecule has 0 radical (unpaired) electrons. The number of benzene rings is 2. The fraction of sp³-hybridized carbons (Fsp3) is 0.250. The van der Waals surface area contributed by atoms with E-state index < -0.39 is 16.1 Å². The molecule has 0 aliphatic heterocycles. The van der Waals surface area contributed by atoms with Crippen molar-refractivity contribution in [3.63, 3.8) is 0 Å². The molecule has 0 bridgehead atoms. The van der Waals surface area contributed by atoms with E-state index in [2.05, 4.69) is 31.0 Å². The molecule has 0 unspecified atom stereocenters. The number of rotatable bonds is 7. The van der Waals surface area contributed by atoms with E-state index >= 15 is 0 Å². The van der Waals surface area contributed by atoms with Gasteiger partial charge in [-0.3, -0.25) is 4.79 Å². The Balaban J connectivity index is 1.90. The fourth-order valence-corrected chi connectivity index (χ4v) is 4.42. The van der Waals surface area contributed by atoms with Crippen molar-refractivity contribution in [1.82, 2.24) is 15.0 Å². The second-order valence-electron chi connectivity index (χ2n) is 6.85. The molecule has 148 valence electrons. The first-order valence-corrected chi connectivity index (χ1v) is 11.2. The lowest BCUT2D eigenvalue weighted by atomic mass is 10.0. The first-order chi connectivity index (χ1) is 13.3. The largest absolute Gasteiger partial charge is 0.361 e. The van der Waals surface area contributed by atoms with Crippen LogP contribution in [0, 0.1) is 0 Å². The zero-order chi connectivity index (χ0) is 20.3. The number of H-pyrrole nitrogens is 1. The molecule has 3 aromatic rings. The number of halogens is 1. The highest BCUT2D eigenvalue weighted by atomic mass is 79.9. The van der Waals surface area contributed by atoms with Gasteiger partial charge in [-0.25, -0.2) is 8.42 Å². The zero-order valence-electron chi connectivity index (χ0n) is 15.6. The van der Waals surface area contributed by atoms with Gasteiger partial charge in [0.15, 0.2) is 0 Å². The summed E-state index contributed by atoms with van der Waals surface area (Å²) in [6.07, 6.45) is 2.05. The van der Waals surface area contributed by atoms with Crippen LogP contribution < -0.4 is 10.0 Å². The van der Waals surface area contributed by atoms with Crippen molar-refractivity contribution < 1.29 is 13.2 Å². The van der Waals surface area contributed by atoms with Crippen molar-refractivity contribution >= 4 is 42.8 Å². The topological polar surface area (TPSA) is 91.1 Å². The molecule has 1 aromatic heterocycles. The smallest absolute Gasteiger partial charge is 0.241 e. The summed E-state index contributed by atoms with van der Waals surface area (Å²) in [4.78, 5) is 16.0. The number of aromatic nitrogens is 1. The Bertz CT molecular complexity index is 1080. The highest BCUT2D eigenvalue weighted by Gasteiger charge is 2.27. The minimum atomic E-state index is -3.86. The van der Waals surface area contributed by atoms with E-state index in [1.807, 2.05) is 44.3 Å². The fourth-order valence-electron chi connectivity index (χ4n) is 2.96. The summed E-state index contributed by atoms with van der Waals surface area (Å²) in [5, 5.41) is 3.77. The molecular formula is C20H22BrN3O3S. The van der Waals surface area contributed by atoms with Crippen LogP contribution in [-0.2, 0) is 21.2 Å². The van der Waals surface area contributed by atoms with Crippen LogP contribution in [0.2, 0.25) is 0 Å². The monoisotopic (exact) mass is 463 g/mol. The molecule has 3 rings (SSSR count). The molecule has 28 heavy (non-hydrogen) atoms.